The fourth-order valence-corrected chi connectivity index (χ4v) is 2.76. The second-order valence-electron chi connectivity index (χ2n) is 5.89. The molecule has 1 aliphatic heterocycles. The third-order valence-corrected chi connectivity index (χ3v) is 3.90. The second kappa shape index (κ2) is 6.85. The van der Waals surface area contributed by atoms with Crippen LogP contribution in [0.25, 0.3) is 0 Å². The topological polar surface area (TPSA) is 86.5 Å². The maximum atomic E-state index is 11.5. The van der Waals surface area contributed by atoms with Crippen molar-refractivity contribution in [3.63, 3.8) is 0 Å². The zero-order valence-electron chi connectivity index (χ0n) is 12.6. The first-order valence-electron chi connectivity index (χ1n) is 7.49. The molecule has 0 aliphatic carbocycles. The summed E-state index contributed by atoms with van der Waals surface area (Å²) in [6, 6.07) is 0. The number of hydrogen-bond donors (Lipinski definition) is 2. The summed E-state index contributed by atoms with van der Waals surface area (Å²) in [5.41, 5.74) is 0.674. The van der Waals surface area contributed by atoms with Crippen LogP contribution in [0.4, 0.5) is 5.69 Å². The molecule has 0 aromatic carbocycles. The first-order chi connectivity index (χ1) is 10.0. The first-order valence-corrected chi connectivity index (χ1v) is 7.49. The minimum Gasteiger partial charge on any atom is -0.476 e. The van der Waals surface area contributed by atoms with E-state index in [1.807, 2.05) is 18.7 Å². The van der Waals surface area contributed by atoms with Crippen LogP contribution >= 0.6 is 0 Å². The molecule has 0 spiro atoms. The predicted molar refractivity (Wildman–Crippen MR) is 79.7 cm³/mol. The van der Waals surface area contributed by atoms with Crippen molar-refractivity contribution in [3.05, 3.63) is 17.7 Å². The minimum atomic E-state index is -1.02. The van der Waals surface area contributed by atoms with Crippen LogP contribution in [0.3, 0.4) is 0 Å². The maximum absolute atomic E-state index is 11.5. The molecule has 0 saturated carbocycles. The number of aromatic nitrogens is 2. The van der Waals surface area contributed by atoms with E-state index < -0.39 is 5.97 Å². The highest BCUT2D eigenvalue weighted by Gasteiger charge is 2.25. The van der Waals surface area contributed by atoms with Gasteiger partial charge in [-0.3, -0.25) is 0 Å². The number of carboxylic acids is 1. The van der Waals surface area contributed by atoms with E-state index in [2.05, 4.69) is 9.97 Å². The van der Waals surface area contributed by atoms with Crippen molar-refractivity contribution in [2.24, 2.45) is 5.92 Å². The van der Waals surface area contributed by atoms with Gasteiger partial charge in [0.05, 0.1) is 11.9 Å². The number of rotatable bonds is 5. The highest BCUT2D eigenvalue weighted by Crippen LogP contribution is 2.27. The van der Waals surface area contributed by atoms with Gasteiger partial charge in [-0.05, 0) is 25.2 Å². The number of carbonyl (C=O) groups is 1. The number of anilines is 1. The Bertz CT molecular complexity index is 503. The van der Waals surface area contributed by atoms with E-state index in [9.17, 15) is 9.90 Å². The van der Waals surface area contributed by atoms with Crippen molar-refractivity contribution < 1.29 is 15.0 Å². The Morgan fingerprint density at radius 2 is 2.29 bits per heavy atom. The minimum absolute atomic E-state index is 0.0818. The number of aromatic carboxylic acids is 1. The zero-order chi connectivity index (χ0) is 15.4. The van der Waals surface area contributed by atoms with Gasteiger partial charge in [0.2, 0.25) is 0 Å². The first kappa shape index (κ1) is 15.7. The lowest BCUT2D eigenvalue weighted by molar-refractivity contribution is 0.0690. The van der Waals surface area contributed by atoms with Crippen LogP contribution in [-0.2, 0) is 0 Å². The quantitative estimate of drug-likeness (QED) is 0.862. The summed E-state index contributed by atoms with van der Waals surface area (Å²) < 4.78 is 0. The Hall–Kier alpha value is -1.69. The molecule has 0 bridgehead atoms. The highest BCUT2D eigenvalue weighted by atomic mass is 16.4. The molecule has 0 amide bonds. The lowest BCUT2D eigenvalue weighted by Crippen LogP contribution is -2.37. The van der Waals surface area contributed by atoms with E-state index in [1.165, 1.54) is 0 Å². The molecule has 1 aliphatic rings. The fraction of sp³-hybridized carbons (Fsp3) is 0.667. The number of aliphatic hydroxyl groups excluding tert-OH is 1. The number of hydrogen-bond acceptors (Lipinski definition) is 5. The van der Waals surface area contributed by atoms with Gasteiger partial charge in [-0.15, -0.1) is 0 Å². The molecule has 1 fully saturated rings. The Morgan fingerprint density at radius 3 is 2.90 bits per heavy atom. The Labute approximate surface area is 124 Å². The molecule has 1 aromatic heterocycles. The SMILES string of the molecule is CC(C)c1ncc(N2CCCC(CCO)C2)c(C(=O)O)n1. The van der Waals surface area contributed by atoms with Crippen molar-refractivity contribution in [2.75, 3.05) is 24.6 Å². The summed E-state index contributed by atoms with van der Waals surface area (Å²) in [6.07, 6.45) is 4.46. The summed E-state index contributed by atoms with van der Waals surface area (Å²) in [7, 11) is 0. The average Bonchev–Trinajstić information content (AvgIpc) is 2.47. The van der Waals surface area contributed by atoms with E-state index in [0.29, 0.717) is 17.4 Å². The monoisotopic (exact) mass is 293 g/mol. The van der Waals surface area contributed by atoms with Crippen LogP contribution in [0.1, 0.15) is 55.3 Å². The third kappa shape index (κ3) is 3.69. The summed E-state index contributed by atoms with van der Waals surface area (Å²) >= 11 is 0. The fourth-order valence-electron chi connectivity index (χ4n) is 2.76. The Kier molecular flexibility index (Phi) is 5.12. The summed E-state index contributed by atoms with van der Waals surface area (Å²) in [6.45, 7) is 5.63. The number of nitrogens with zero attached hydrogens (tertiary/aromatic N) is 3. The summed E-state index contributed by atoms with van der Waals surface area (Å²) in [5, 5.41) is 18.5. The van der Waals surface area contributed by atoms with Crippen molar-refractivity contribution in [2.45, 2.75) is 39.0 Å². The predicted octanol–water partition coefficient (Wildman–Crippen LogP) is 1.90. The van der Waals surface area contributed by atoms with Gasteiger partial charge in [-0.25, -0.2) is 14.8 Å². The molecule has 1 atom stereocenters. The molecule has 1 saturated heterocycles. The lowest BCUT2D eigenvalue weighted by Gasteiger charge is -2.34. The largest absolute Gasteiger partial charge is 0.476 e. The molecule has 0 radical (unpaired) electrons. The normalized spacial score (nSPS) is 19.0. The molecular weight excluding hydrogens is 270 g/mol. The molecule has 6 nitrogen and oxygen atoms in total. The molecule has 1 aromatic rings. The lowest BCUT2D eigenvalue weighted by atomic mass is 9.95. The van der Waals surface area contributed by atoms with Gasteiger partial charge in [0, 0.05) is 25.6 Å². The van der Waals surface area contributed by atoms with Gasteiger partial charge in [-0.1, -0.05) is 13.8 Å². The van der Waals surface area contributed by atoms with Crippen LogP contribution in [0.5, 0.6) is 0 Å². The maximum Gasteiger partial charge on any atom is 0.356 e. The number of aliphatic hydroxyl groups is 1. The second-order valence-corrected chi connectivity index (χ2v) is 5.89. The van der Waals surface area contributed by atoms with E-state index in [-0.39, 0.29) is 18.2 Å². The van der Waals surface area contributed by atoms with Crippen LogP contribution in [0, 0.1) is 5.92 Å². The van der Waals surface area contributed by atoms with Crippen molar-refractivity contribution in [1.29, 1.82) is 0 Å². The number of carboxylic acid groups (broad SMARTS) is 1. The van der Waals surface area contributed by atoms with Crippen LogP contribution in [0.15, 0.2) is 6.20 Å². The highest BCUT2D eigenvalue weighted by molar-refractivity contribution is 5.92. The Morgan fingerprint density at radius 1 is 1.52 bits per heavy atom. The van der Waals surface area contributed by atoms with E-state index >= 15 is 0 Å². The number of piperidine rings is 1. The van der Waals surface area contributed by atoms with Gasteiger partial charge in [0.15, 0.2) is 5.69 Å². The molecule has 2 rings (SSSR count). The van der Waals surface area contributed by atoms with Gasteiger partial charge >= 0.3 is 5.97 Å². The molecule has 1 unspecified atom stereocenters. The standard InChI is InChI=1S/C15H23N3O3/c1-10(2)14-16-8-12(13(17-14)15(20)21)18-6-3-4-11(9-18)5-7-19/h8,10-11,19H,3-7,9H2,1-2H3,(H,20,21). The smallest absolute Gasteiger partial charge is 0.356 e. The van der Waals surface area contributed by atoms with Gasteiger partial charge in [0.25, 0.3) is 0 Å². The molecule has 6 heteroatoms. The van der Waals surface area contributed by atoms with Crippen molar-refractivity contribution in [1.82, 2.24) is 9.97 Å². The van der Waals surface area contributed by atoms with Crippen molar-refractivity contribution >= 4 is 11.7 Å². The third-order valence-electron chi connectivity index (χ3n) is 3.90. The zero-order valence-corrected chi connectivity index (χ0v) is 12.6. The van der Waals surface area contributed by atoms with Gasteiger partial charge in [-0.2, -0.15) is 0 Å². The molecule has 2 heterocycles. The Balaban J connectivity index is 2.27. The van der Waals surface area contributed by atoms with Crippen LogP contribution < -0.4 is 4.90 Å². The summed E-state index contributed by atoms with van der Waals surface area (Å²) in [4.78, 5) is 22.0. The van der Waals surface area contributed by atoms with Gasteiger partial charge in [0.1, 0.15) is 5.82 Å². The molecule has 116 valence electrons. The van der Waals surface area contributed by atoms with E-state index in [4.69, 9.17) is 5.11 Å². The van der Waals surface area contributed by atoms with Crippen LogP contribution in [-0.4, -0.2) is 45.8 Å². The summed E-state index contributed by atoms with van der Waals surface area (Å²) in [5.74, 6) is 0.0365. The van der Waals surface area contributed by atoms with Crippen molar-refractivity contribution in [3.8, 4) is 0 Å². The molecule has 21 heavy (non-hydrogen) atoms. The molecular formula is C15H23N3O3. The average molecular weight is 293 g/mol. The van der Waals surface area contributed by atoms with Gasteiger partial charge < -0.3 is 15.1 Å². The molecule has 2 N–H and O–H groups in total. The van der Waals surface area contributed by atoms with E-state index in [1.54, 1.807) is 6.20 Å². The van der Waals surface area contributed by atoms with E-state index in [0.717, 1.165) is 32.4 Å². The van der Waals surface area contributed by atoms with Crippen LogP contribution in [0.2, 0.25) is 0 Å².